The lowest BCUT2D eigenvalue weighted by Crippen LogP contribution is -2.43. The number of thiophene rings is 1. The van der Waals surface area contributed by atoms with Gasteiger partial charge in [-0.15, -0.1) is 11.3 Å². The Labute approximate surface area is 181 Å². The molecule has 1 atom stereocenters. The molecule has 1 aromatic heterocycles. The highest BCUT2D eigenvalue weighted by Gasteiger charge is 2.33. The third kappa shape index (κ3) is 4.48. The number of benzene rings is 1. The maximum absolute atomic E-state index is 12.8. The lowest BCUT2D eigenvalue weighted by atomic mass is 9.96. The fourth-order valence-corrected chi connectivity index (χ4v) is 6.37. The van der Waals surface area contributed by atoms with E-state index in [-0.39, 0.29) is 17.9 Å². The molecule has 162 valence electrons. The number of amides is 1. The van der Waals surface area contributed by atoms with Gasteiger partial charge in [0.15, 0.2) is 11.5 Å². The molecule has 0 saturated carbocycles. The standard InChI is InChI=1S/C21H26N2O5S2/c1-15(17-5-6-18-19(14-17)28-12-3-11-27-18)22-21(24)16-7-9-23(10-8-16)30(25,26)20-4-2-13-29-20/h2,4-6,13-16H,3,7-12H2,1H3,(H,22,24). The van der Waals surface area contributed by atoms with Crippen molar-refractivity contribution in [1.29, 1.82) is 0 Å². The zero-order chi connectivity index (χ0) is 21.1. The number of hydrogen-bond acceptors (Lipinski definition) is 6. The minimum Gasteiger partial charge on any atom is -0.490 e. The molecule has 2 aliphatic rings. The number of fused-ring (bicyclic) bond motifs is 1. The number of rotatable bonds is 5. The molecule has 1 unspecified atom stereocenters. The molecule has 1 N–H and O–H groups in total. The van der Waals surface area contributed by atoms with Crippen molar-refractivity contribution in [3.63, 3.8) is 0 Å². The van der Waals surface area contributed by atoms with Gasteiger partial charge in [-0.25, -0.2) is 8.42 Å². The summed E-state index contributed by atoms with van der Waals surface area (Å²) in [5.74, 6) is 1.21. The lowest BCUT2D eigenvalue weighted by molar-refractivity contribution is -0.126. The number of sulfonamides is 1. The molecule has 3 heterocycles. The van der Waals surface area contributed by atoms with Crippen LogP contribution in [0.1, 0.15) is 37.8 Å². The SMILES string of the molecule is CC(NC(=O)C1CCN(S(=O)(=O)c2cccs2)CC1)c1ccc2c(c1)OCCCO2. The van der Waals surface area contributed by atoms with Gasteiger partial charge < -0.3 is 14.8 Å². The topological polar surface area (TPSA) is 84.9 Å². The summed E-state index contributed by atoms with van der Waals surface area (Å²) in [6, 6.07) is 8.92. The number of hydrogen-bond donors (Lipinski definition) is 1. The fraction of sp³-hybridized carbons (Fsp3) is 0.476. The van der Waals surface area contributed by atoms with Crippen molar-refractivity contribution in [3.8, 4) is 11.5 Å². The fourth-order valence-electron chi connectivity index (χ4n) is 3.76. The van der Waals surface area contributed by atoms with Crippen LogP contribution in [0.15, 0.2) is 39.9 Å². The maximum Gasteiger partial charge on any atom is 0.252 e. The van der Waals surface area contributed by atoms with Crippen LogP contribution < -0.4 is 14.8 Å². The van der Waals surface area contributed by atoms with Crippen molar-refractivity contribution in [2.75, 3.05) is 26.3 Å². The molecule has 30 heavy (non-hydrogen) atoms. The van der Waals surface area contributed by atoms with E-state index in [0.717, 1.165) is 17.7 Å². The van der Waals surface area contributed by atoms with Crippen LogP contribution in [-0.2, 0) is 14.8 Å². The monoisotopic (exact) mass is 450 g/mol. The van der Waals surface area contributed by atoms with Gasteiger partial charge in [0.25, 0.3) is 10.0 Å². The van der Waals surface area contributed by atoms with Crippen molar-refractivity contribution < 1.29 is 22.7 Å². The number of ether oxygens (including phenoxy) is 2. The first-order chi connectivity index (χ1) is 14.4. The smallest absolute Gasteiger partial charge is 0.252 e. The van der Waals surface area contributed by atoms with Gasteiger partial charge in [0.1, 0.15) is 4.21 Å². The van der Waals surface area contributed by atoms with Crippen LogP contribution in [0.3, 0.4) is 0 Å². The first kappa shape index (κ1) is 21.1. The van der Waals surface area contributed by atoms with E-state index < -0.39 is 10.0 Å². The normalized spacial score (nSPS) is 19.1. The van der Waals surface area contributed by atoms with E-state index in [4.69, 9.17) is 9.47 Å². The van der Waals surface area contributed by atoms with E-state index in [1.165, 1.54) is 15.6 Å². The third-order valence-electron chi connectivity index (χ3n) is 5.54. The van der Waals surface area contributed by atoms with Crippen LogP contribution in [0.2, 0.25) is 0 Å². The van der Waals surface area contributed by atoms with Gasteiger partial charge in [-0.3, -0.25) is 4.79 Å². The number of piperidine rings is 1. The Morgan fingerprint density at radius 3 is 2.60 bits per heavy atom. The average molecular weight is 451 g/mol. The molecular weight excluding hydrogens is 424 g/mol. The Kier molecular flexibility index (Phi) is 6.31. The summed E-state index contributed by atoms with van der Waals surface area (Å²) in [5, 5.41) is 4.83. The minimum atomic E-state index is -3.45. The van der Waals surface area contributed by atoms with Crippen molar-refractivity contribution in [2.24, 2.45) is 5.92 Å². The van der Waals surface area contributed by atoms with Crippen LogP contribution >= 0.6 is 11.3 Å². The second-order valence-electron chi connectivity index (χ2n) is 7.60. The van der Waals surface area contributed by atoms with Gasteiger partial charge in [0, 0.05) is 25.4 Å². The van der Waals surface area contributed by atoms with Crippen molar-refractivity contribution in [3.05, 3.63) is 41.3 Å². The lowest BCUT2D eigenvalue weighted by Gasteiger charge is -2.30. The second kappa shape index (κ2) is 8.95. The molecule has 1 aromatic carbocycles. The van der Waals surface area contributed by atoms with Gasteiger partial charge in [0.05, 0.1) is 19.3 Å². The zero-order valence-electron chi connectivity index (χ0n) is 16.9. The Balaban J connectivity index is 1.34. The molecule has 0 aliphatic carbocycles. The highest BCUT2D eigenvalue weighted by Crippen LogP contribution is 2.33. The minimum absolute atomic E-state index is 0.0391. The molecule has 0 bridgehead atoms. The van der Waals surface area contributed by atoms with Crippen LogP contribution in [-0.4, -0.2) is 44.9 Å². The van der Waals surface area contributed by atoms with Crippen LogP contribution in [0.4, 0.5) is 0 Å². The first-order valence-electron chi connectivity index (χ1n) is 10.2. The molecular formula is C21H26N2O5S2. The summed E-state index contributed by atoms with van der Waals surface area (Å²) < 4.78 is 38.5. The summed E-state index contributed by atoms with van der Waals surface area (Å²) >= 11 is 1.22. The van der Waals surface area contributed by atoms with Crippen molar-refractivity contribution in [2.45, 2.75) is 36.4 Å². The van der Waals surface area contributed by atoms with E-state index >= 15 is 0 Å². The highest BCUT2D eigenvalue weighted by atomic mass is 32.2. The molecule has 2 aliphatic heterocycles. The van der Waals surface area contributed by atoms with Gasteiger partial charge in [0.2, 0.25) is 5.91 Å². The van der Waals surface area contributed by atoms with Crippen LogP contribution in [0.5, 0.6) is 11.5 Å². The number of carbonyl (C=O) groups is 1. The average Bonchev–Trinajstić information content (AvgIpc) is 3.20. The largest absolute Gasteiger partial charge is 0.490 e. The summed E-state index contributed by atoms with van der Waals surface area (Å²) in [6.07, 6.45) is 1.88. The van der Waals surface area contributed by atoms with E-state index in [0.29, 0.717) is 49.1 Å². The predicted molar refractivity (Wildman–Crippen MR) is 114 cm³/mol. The highest BCUT2D eigenvalue weighted by molar-refractivity contribution is 7.91. The van der Waals surface area contributed by atoms with E-state index in [1.807, 2.05) is 25.1 Å². The quantitative estimate of drug-likeness (QED) is 0.756. The van der Waals surface area contributed by atoms with E-state index in [2.05, 4.69) is 5.32 Å². The number of nitrogens with zero attached hydrogens (tertiary/aromatic N) is 1. The molecule has 0 spiro atoms. The molecule has 2 aromatic rings. The third-order valence-corrected chi connectivity index (χ3v) is 8.82. The number of carbonyl (C=O) groups excluding carboxylic acids is 1. The Morgan fingerprint density at radius 2 is 1.90 bits per heavy atom. The Morgan fingerprint density at radius 1 is 1.17 bits per heavy atom. The van der Waals surface area contributed by atoms with E-state index in [1.54, 1.807) is 17.5 Å². The summed E-state index contributed by atoms with van der Waals surface area (Å²) in [7, 11) is -3.45. The molecule has 1 fully saturated rings. The van der Waals surface area contributed by atoms with Gasteiger partial charge in [-0.2, -0.15) is 4.31 Å². The summed E-state index contributed by atoms with van der Waals surface area (Å²) in [5.41, 5.74) is 0.949. The molecule has 1 saturated heterocycles. The summed E-state index contributed by atoms with van der Waals surface area (Å²) in [6.45, 7) is 3.91. The predicted octanol–water partition coefficient (Wildman–Crippen LogP) is 3.19. The molecule has 0 radical (unpaired) electrons. The van der Waals surface area contributed by atoms with Gasteiger partial charge in [-0.1, -0.05) is 12.1 Å². The van der Waals surface area contributed by atoms with Gasteiger partial charge >= 0.3 is 0 Å². The van der Waals surface area contributed by atoms with Crippen molar-refractivity contribution in [1.82, 2.24) is 9.62 Å². The molecule has 1 amide bonds. The zero-order valence-corrected chi connectivity index (χ0v) is 18.5. The molecule has 9 heteroatoms. The second-order valence-corrected chi connectivity index (χ2v) is 10.7. The number of nitrogens with one attached hydrogen (secondary N) is 1. The van der Waals surface area contributed by atoms with Crippen LogP contribution in [0.25, 0.3) is 0 Å². The van der Waals surface area contributed by atoms with Crippen LogP contribution in [0, 0.1) is 5.92 Å². The van der Waals surface area contributed by atoms with Crippen molar-refractivity contribution >= 4 is 27.3 Å². The maximum atomic E-state index is 12.8. The Bertz CT molecular complexity index is 983. The Hall–Kier alpha value is -2.10. The molecule has 4 rings (SSSR count). The van der Waals surface area contributed by atoms with Gasteiger partial charge in [-0.05, 0) is 48.9 Å². The summed E-state index contributed by atoms with van der Waals surface area (Å²) in [4.78, 5) is 12.8. The molecule has 7 nitrogen and oxygen atoms in total. The first-order valence-corrected chi connectivity index (χ1v) is 12.5. The van der Waals surface area contributed by atoms with E-state index in [9.17, 15) is 13.2 Å².